The summed E-state index contributed by atoms with van der Waals surface area (Å²) in [6.07, 6.45) is 3.84. The summed E-state index contributed by atoms with van der Waals surface area (Å²) in [6.45, 7) is 1.45. The number of piperidine rings is 1. The van der Waals surface area contributed by atoms with Crippen molar-refractivity contribution in [3.63, 3.8) is 0 Å². The lowest BCUT2D eigenvalue weighted by atomic mass is 10.0. The Hall–Kier alpha value is -0.140. The molecule has 1 aliphatic heterocycles. The Kier molecular flexibility index (Phi) is 5.25. The second-order valence-electron chi connectivity index (χ2n) is 4.72. The lowest BCUT2D eigenvalue weighted by Crippen LogP contribution is -2.44. The Balaban J connectivity index is 2.21. The summed E-state index contributed by atoms with van der Waals surface area (Å²) in [5, 5.41) is 3.09. The first-order chi connectivity index (χ1) is 9.05. The maximum atomic E-state index is 12.6. The molecule has 1 N–H and O–H groups in total. The van der Waals surface area contributed by atoms with Crippen molar-refractivity contribution in [3.05, 3.63) is 16.5 Å². The summed E-state index contributed by atoms with van der Waals surface area (Å²) in [5.74, 6) is 0. The van der Waals surface area contributed by atoms with E-state index in [4.69, 9.17) is 11.6 Å². The predicted octanol–water partition coefficient (Wildman–Crippen LogP) is 2.55. The number of sulfonamides is 1. The van der Waals surface area contributed by atoms with Crippen molar-refractivity contribution in [2.45, 2.75) is 35.9 Å². The lowest BCUT2D eigenvalue weighted by molar-refractivity contribution is 0.241. The molecule has 1 saturated heterocycles. The number of thiophene rings is 1. The molecule has 4 nitrogen and oxygen atoms in total. The molecular formula is C12H19ClN2O2S2. The molecular weight excluding hydrogens is 304 g/mol. The van der Waals surface area contributed by atoms with Gasteiger partial charge in [0.15, 0.2) is 0 Å². The second-order valence-corrected chi connectivity index (χ2v) is 8.55. The Morgan fingerprint density at radius 2 is 2.26 bits per heavy atom. The smallest absolute Gasteiger partial charge is 0.252 e. The minimum absolute atomic E-state index is 0.104. The standard InChI is InChI=1S/C12H19ClN2O2S2/c1-14-8-7-10-4-2-3-9-15(10)19(16,17)12-6-5-11(13)18-12/h5-6,10,14H,2-4,7-9H2,1H3. The first kappa shape index (κ1) is 15.3. The zero-order chi connectivity index (χ0) is 13.9. The van der Waals surface area contributed by atoms with Crippen LogP contribution >= 0.6 is 22.9 Å². The van der Waals surface area contributed by atoms with Crippen molar-refractivity contribution >= 4 is 33.0 Å². The van der Waals surface area contributed by atoms with Gasteiger partial charge in [-0.3, -0.25) is 0 Å². The Morgan fingerprint density at radius 3 is 2.89 bits per heavy atom. The van der Waals surface area contributed by atoms with E-state index in [1.54, 1.807) is 16.4 Å². The molecule has 0 bridgehead atoms. The molecule has 1 atom stereocenters. The van der Waals surface area contributed by atoms with Crippen molar-refractivity contribution in [1.29, 1.82) is 0 Å². The van der Waals surface area contributed by atoms with E-state index in [2.05, 4.69) is 5.32 Å². The maximum absolute atomic E-state index is 12.6. The van der Waals surface area contributed by atoms with Gasteiger partial charge >= 0.3 is 0 Å². The molecule has 1 unspecified atom stereocenters. The normalized spacial score (nSPS) is 21.7. The molecule has 1 aliphatic rings. The highest BCUT2D eigenvalue weighted by Crippen LogP contribution is 2.32. The largest absolute Gasteiger partial charge is 0.320 e. The highest BCUT2D eigenvalue weighted by molar-refractivity contribution is 7.91. The molecule has 1 aromatic rings. The summed E-state index contributed by atoms with van der Waals surface area (Å²) in [5.41, 5.74) is 0. The Bertz CT molecular complexity index is 516. The molecule has 0 aliphatic carbocycles. The summed E-state index contributed by atoms with van der Waals surface area (Å²) in [4.78, 5) is 0. The van der Waals surface area contributed by atoms with Crippen LogP contribution < -0.4 is 5.32 Å². The topological polar surface area (TPSA) is 49.4 Å². The first-order valence-corrected chi connectivity index (χ1v) is 9.11. The maximum Gasteiger partial charge on any atom is 0.252 e. The fourth-order valence-electron chi connectivity index (χ4n) is 2.44. The minimum atomic E-state index is -3.38. The van der Waals surface area contributed by atoms with Crippen LogP contribution in [-0.2, 0) is 10.0 Å². The van der Waals surface area contributed by atoms with Crippen molar-refractivity contribution in [2.75, 3.05) is 20.1 Å². The van der Waals surface area contributed by atoms with Crippen LogP contribution in [0, 0.1) is 0 Å². The van der Waals surface area contributed by atoms with Crippen LogP contribution in [0.3, 0.4) is 0 Å². The van der Waals surface area contributed by atoms with Gasteiger partial charge in [0.05, 0.1) is 4.34 Å². The van der Waals surface area contributed by atoms with Gasteiger partial charge in [0, 0.05) is 12.6 Å². The van der Waals surface area contributed by atoms with Crippen molar-refractivity contribution < 1.29 is 8.42 Å². The summed E-state index contributed by atoms with van der Waals surface area (Å²) in [6, 6.07) is 3.35. The first-order valence-electron chi connectivity index (χ1n) is 6.47. The van der Waals surface area contributed by atoms with Crippen molar-refractivity contribution in [3.8, 4) is 0 Å². The monoisotopic (exact) mass is 322 g/mol. The molecule has 1 fully saturated rings. The average molecular weight is 323 g/mol. The zero-order valence-electron chi connectivity index (χ0n) is 10.9. The molecule has 0 aromatic carbocycles. The van der Waals surface area contributed by atoms with E-state index in [-0.39, 0.29) is 6.04 Å². The molecule has 0 spiro atoms. The average Bonchev–Trinajstić information content (AvgIpc) is 2.84. The Morgan fingerprint density at radius 1 is 1.47 bits per heavy atom. The fourth-order valence-corrected chi connectivity index (χ4v) is 5.78. The van der Waals surface area contributed by atoms with Gasteiger partial charge in [-0.1, -0.05) is 18.0 Å². The number of halogens is 1. The third-order valence-electron chi connectivity index (χ3n) is 3.41. The highest BCUT2D eigenvalue weighted by Gasteiger charge is 2.33. The highest BCUT2D eigenvalue weighted by atomic mass is 35.5. The second kappa shape index (κ2) is 6.54. The van der Waals surface area contributed by atoms with E-state index >= 15 is 0 Å². The van der Waals surface area contributed by atoms with Gasteiger partial charge in [-0.15, -0.1) is 11.3 Å². The number of nitrogens with zero attached hydrogens (tertiary/aromatic N) is 1. The van der Waals surface area contributed by atoms with Crippen LogP contribution in [0.15, 0.2) is 16.3 Å². The van der Waals surface area contributed by atoms with E-state index < -0.39 is 10.0 Å². The van der Waals surface area contributed by atoms with Gasteiger partial charge in [-0.2, -0.15) is 4.31 Å². The number of hydrogen-bond donors (Lipinski definition) is 1. The van der Waals surface area contributed by atoms with Gasteiger partial charge in [0.2, 0.25) is 0 Å². The van der Waals surface area contributed by atoms with E-state index in [0.717, 1.165) is 43.6 Å². The van der Waals surface area contributed by atoms with Crippen LogP contribution in [-0.4, -0.2) is 38.9 Å². The van der Waals surface area contributed by atoms with Crippen LogP contribution in [0.2, 0.25) is 4.34 Å². The van der Waals surface area contributed by atoms with E-state index in [1.165, 1.54) is 0 Å². The molecule has 0 amide bonds. The van der Waals surface area contributed by atoms with Gasteiger partial charge in [0.1, 0.15) is 4.21 Å². The fraction of sp³-hybridized carbons (Fsp3) is 0.667. The third kappa shape index (κ3) is 3.49. The third-order valence-corrected chi connectivity index (χ3v) is 7.06. The predicted molar refractivity (Wildman–Crippen MR) is 79.4 cm³/mol. The number of hydrogen-bond acceptors (Lipinski definition) is 4. The summed E-state index contributed by atoms with van der Waals surface area (Å²) in [7, 11) is -1.49. The summed E-state index contributed by atoms with van der Waals surface area (Å²) < 4.78 is 27.8. The minimum Gasteiger partial charge on any atom is -0.320 e. The lowest BCUT2D eigenvalue weighted by Gasteiger charge is -2.34. The molecule has 108 valence electrons. The molecule has 0 saturated carbocycles. The van der Waals surface area contributed by atoms with Crippen LogP contribution in [0.1, 0.15) is 25.7 Å². The van der Waals surface area contributed by atoms with Crippen LogP contribution in [0.5, 0.6) is 0 Å². The van der Waals surface area contributed by atoms with Crippen LogP contribution in [0.25, 0.3) is 0 Å². The molecule has 2 heterocycles. The van der Waals surface area contributed by atoms with Crippen molar-refractivity contribution in [2.24, 2.45) is 0 Å². The van der Waals surface area contributed by atoms with Crippen molar-refractivity contribution in [1.82, 2.24) is 9.62 Å². The van der Waals surface area contributed by atoms with Crippen LogP contribution in [0.4, 0.5) is 0 Å². The number of rotatable bonds is 5. The SMILES string of the molecule is CNCCC1CCCCN1S(=O)(=O)c1ccc(Cl)s1. The van der Waals surface area contributed by atoms with Gasteiger partial charge < -0.3 is 5.32 Å². The van der Waals surface area contributed by atoms with Gasteiger partial charge in [-0.25, -0.2) is 8.42 Å². The molecule has 2 rings (SSSR count). The van der Waals surface area contributed by atoms with E-state index in [1.807, 2.05) is 7.05 Å². The summed E-state index contributed by atoms with van der Waals surface area (Å²) >= 11 is 6.99. The zero-order valence-corrected chi connectivity index (χ0v) is 13.3. The van der Waals surface area contributed by atoms with E-state index in [9.17, 15) is 8.42 Å². The van der Waals surface area contributed by atoms with Gasteiger partial charge in [-0.05, 0) is 45.0 Å². The van der Waals surface area contributed by atoms with E-state index in [0.29, 0.717) is 15.1 Å². The Labute approximate surface area is 123 Å². The van der Waals surface area contributed by atoms with Gasteiger partial charge in [0.25, 0.3) is 10.0 Å². The quantitative estimate of drug-likeness (QED) is 0.906. The molecule has 1 aromatic heterocycles. The number of nitrogens with one attached hydrogen (secondary N) is 1. The molecule has 0 radical (unpaired) electrons. The molecule has 19 heavy (non-hydrogen) atoms. The molecule has 7 heteroatoms.